The molecule has 2 aliphatic heterocycles. The summed E-state index contributed by atoms with van der Waals surface area (Å²) in [5.74, 6) is 0.840. The van der Waals surface area contributed by atoms with E-state index >= 15 is 0 Å². The maximum atomic E-state index is 12.5. The van der Waals surface area contributed by atoms with Gasteiger partial charge in [0.1, 0.15) is 13.2 Å². The van der Waals surface area contributed by atoms with Crippen LogP contribution in [0.2, 0.25) is 0 Å². The van der Waals surface area contributed by atoms with Crippen molar-refractivity contribution < 1.29 is 24.0 Å². The summed E-state index contributed by atoms with van der Waals surface area (Å²) in [4.78, 5) is 39.0. The molecule has 0 atom stereocenters. The van der Waals surface area contributed by atoms with E-state index in [-0.39, 0.29) is 23.7 Å². The van der Waals surface area contributed by atoms with Crippen LogP contribution in [-0.2, 0) is 11.3 Å². The predicted octanol–water partition coefficient (Wildman–Crippen LogP) is 1.44. The van der Waals surface area contributed by atoms with Gasteiger partial charge in [-0.25, -0.2) is 0 Å². The Labute approximate surface area is 184 Å². The first-order chi connectivity index (χ1) is 15.5. The molecule has 1 saturated heterocycles. The van der Waals surface area contributed by atoms with Crippen molar-refractivity contribution in [3.63, 3.8) is 0 Å². The van der Waals surface area contributed by atoms with Gasteiger partial charge in [0, 0.05) is 50.4 Å². The van der Waals surface area contributed by atoms with Gasteiger partial charge < -0.3 is 19.7 Å². The zero-order valence-corrected chi connectivity index (χ0v) is 17.5. The first kappa shape index (κ1) is 21.6. The zero-order chi connectivity index (χ0) is 22.5. The van der Waals surface area contributed by atoms with Crippen LogP contribution < -0.4 is 14.8 Å². The molecule has 168 valence electrons. The van der Waals surface area contributed by atoms with Crippen molar-refractivity contribution in [2.45, 2.75) is 6.54 Å². The van der Waals surface area contributed by atoms with Gasteiger partial charge in [0.2, 0.25) is 5.91 Å². The molecule has 2 heterocycles. The molecule has 1 N–H and O–H groups in total. The topological polar surface area (TPSA) is 114 Å². The number of nitrogens with one attached hydrogen (secondary N) is 1. The fourth-order valence-corrected chi connectivity index (χ4v) is 3.73. The smallest absolute Gasteiger partial charge is 0.270 e. The molecule has 1 fully saturated rings. The Morgan fingerprint density at radius 3 is 2.50 bits per heavy atom. The third-order valence-corrected chi connectivity index (χ3v) is 5.46. The summed E-state index contributed by atoms with van der Waals surface area (Å²) in [5.41, 5.74) is 1.10. The lowest BCUT2D eigenvalue weighted by atomic mass is 10.1. The molecular weight excluding hydrogens is 416 g/mol. The number of nitrogens with zero attached hydrogens (tertiary/aromatic N) is 3. The Morgan fingerprint density at radius 2 is 1.75 bits per heavy atom. The number of hydrogen-bond acceptors (Lipinski definition) is 7. The number of fused-ring (bicyclic) bond motifs is 1. The van der Waals surface area contributed by atoms with Crippen LogP contribution in [0.1, 0.15) is 15.9 Å². The summed E-state index contributed by atoms with van der Waals surface area (Å²) in [6.45, 7) is 4.29. The Hall–Kier alpha value is -3.66. The summed E-state index contributed by atoms with van der Waals surface area (Å²) in [6.07, 6.45) is 0. The Bertz CT molecular complexity index is 1020. The van der Waals surface area contributed by atoms with Gasteiger partial charge in [0.15, 0.2) is 11.5 Å². The maximum absolute atomic E-state index is 12.5. The zero-order valence-electron chi connectivity index (χ0n) is 17.5. The standard InChI is InChI=1S/C22H24N4O6/c27-21(14-23-22(28)17-2-1-3-18(13-17)26(29)30)25-8-6-24(7-9-25)15-16-4-5-19-20(12-16)32-11-10-31-19/h1-5,12-13H,6-11,14-15H2,(H,23,28). The maximum Gasteiger partial charge on any atom is 0.270 e. The third-order valence-electron chi connectivity index (χ3n) is 5.46. The normalized spacial score (nSPS) is 15.8. The van der Waals surface area contributed by atoms with Crippen molar-refractivity contribution in [3.05, 3.63) is 63.7 Å². The molecule has 2 aromatic carbocycles. The van der Waals surface area contributed by atoms with Crippen LogP contribution in [0.4, 0.5) is 5.69 Å². The Balaban J connectivity index is 1.23. The minimum Gasteiger partial charge on any atom is -0.486 e. The van der Waals surface area contributed by atoms with Gasteiger partial charge >= 0.3 is 0 Å². The van der Waals surface area contributed by atoms with Crippen LogP contribution in [0, 0.1) is 10.1 Å². The van der Waals surface area contributed by atoms with Crippen LogP contribution in [0.3, 0.4) is 0 Å². The molecule has 10 heteroatoms. The van der Waals surface area contributed by atoms with Gasteiger partial charge in [-0.15, -0.1) is 0 Å². The summed E-state index contributed by atoms with van der Waals surface area (Å²) in [5, 5.41) is 13.4. The van der Waals surface area contributed by atoms with E-state index in [2.05, 4.69) is 10.2 Å². The van der Waals surface area contributed by atoms with Crippen LogP contribution in [0.25, 0.3) is 0 Å². The van der Waals surface area contributed by atoms with Crippen molar-refractivity contribution in [2.75, 3.05) is 45.9 Å². The SMILES string of the molecule is O=C(NCC(=O)N1CCN(Cc2ccc3c(c2)OCCO3)CC1)c1cccc([N+](=O)[O-])c1. The van der Waals surface area contributed by atoms with Crippen molar-refractivity contribution in [1.82, 2.24) is 15.1 Å². The van der Waals surface area contributed by atoms with Crippen LogP contribution in [-0.4, -0.2) is 72.5 Å². The molecule has 0 aromatic heterocycles. The highest BCUT2D eigenvalue weighted by Crippen LogP contribution is 2.31. The molecule has 10 nitrogen and oxygen atoms in total. The van der Waals surface area contributed by atoms with Gasteiger partial charge in [-0.3, -0.25) is 24.6 Å². The molecule has 2 amide bonds. The molecule has 0 spiro atoms. The minimum atomic E-state index is -0.563. The Kier molecular flexibility index (Phi) is 6.50. The van der Waals surface area contributed by atoms with E-state index in [0.717, 1.165) is 36.7 Å². The van der Waals surface area contributed by atoms with Crippen LogP contribution in [0.15, 0.2) is 42.5 Å². The molecule has 0 unspecified atom stereocenters. The lowest BCUT2D eigenvalue weighted by molar-refractivity contribution is -0.384. The summed E-state index contributed by atoms with van der Waals surface area (Å²) >= 11 is 0. The van der Waals surface area contributed by atoms with Gasteiger partial charge in [-0.05, 0) is 23.8 Å². The van der Waals surface area contributed by atoms with Gasteiger partial charge in [0.25, 0.3) is 11.6 Å². The Morgan fingerprint density at radius 1 is 1.00 bits per heavy atom. The molecule has 0 saturated carbocycles. The second kappa shape index (κ2) is 9.65. The van der Waals surface area contributed by atoms with Gasteiger partial charge in [-0.1, -0.05) is 12.1 Å². The number of hydrogen-bond donors (Lipinski definition) is 1. The minimum absolute atomic E-state index is 0.149. The highest BCUT2D eigenvalue weighted by Gasteiger charge is 2.22. The van der Waals surface area contributed by atoms with E-state index in [4.69, 9.17) is 9.47 Å². The summed E-state index contributed by atoms with van der Waals surface area (Å²) in [6, 6.07) is 11.4. The number of benzene rings is 2. The lowest BCUT2D eigenvalue weighted by Gasteiger charge is -2.35. The molecule has 0 radical (unpaired) electrons. The van der Waals surface area contributed by atoms with E-state index in [1.54, 1.807) is 4.90 Å². The van der Waals surface area contributed by atoms with E-state index in [0.29, 0.717) is 26.3 Å². The van der Waals surface area contributed by atoms with E-state index in [1.165, 1.54) is 24.3 Å². The summed E-state index contributed by atoms with van der Waals surface area (Å²) in [7, 11) is 0. The van der Waals surface area contributed by atoms with E-state index in [1.807, 2.05) is 18.2 Å². The number of nitro groups is 1. The number of piperazine rings is 1. The van der Waals surface area contributed by atoms with Crippen molar-refractivity contribution in [2.24, 2.45) is 0 Å². The second-order valence-electron chi connectivity index (χ2n) is 7.63. The first-order valence-corrected chi connectivity index (χ1v) is 10.4. The van der Waals surface area contributed by atoms with Crippen molar-refractivity contribution in [3.8, 4) is 11.5 Å². The van der Waals surface area contributed by atoms with Crippen LogP contribution >= 0.6 is 0 Å². The lowest BCUT2D eigenvalue weighted by Crippen LogP contribution is -2.50. The average molecular weight is 440 g/mol. The molecule has 0 aliphatic carbocycles. The van der Waals surface area contributed by atoms with Gasteiger partial charge in [0.05, 0.1) is 11.5 Å². The first-order valence-electron chi connectivity index (χ1n) is 10.4. The second-order valence-corrected chi connectivity index (χ2v) is 7.63. The third kappa shape index (κ3) is 5.14. The number of carbonyl (C=O) groups is 2. The number of non-ortho nitro benzene ring substituents is 1. The molecular formula is C22H24N4O6. The predicted molar refractivity (Wildman–Crippen MR) is 115 cm³/mol. The van der Waals surface area contributed by atoms with Crippen LogP contribution in [0.5, 0.6) is 11.5 Å². The molecule has 2 aromatic rings. The van der Waals surface area contributed by atoms with E-state index in [9.17, 15) is 19.7 Å². The number of amides is 2. The largest absolute Gasteiger partial charge is 0.486 e. The average Bonchev–Trinajstić information content (AvgIpc) is 2.82. The fraction of sp³-hybridized carbons (Fsp3) is 0.364. The van der Waals surface area contributed by atoms with E-state index < -0.39 is 10.8 Å². The molecule has 0 bridgehead atoms. The molecule has 2 aliphatic rings. The number of nitro benzene ring substituents is 1. The highest BCUT2D eigenvalue weighted by molar-refractivity contribution is 5.96. The fourth-order valence-electron chi connectivity index (χ4n) is 3.73. The number of rotatable bonds is 6. The molecule has 32 heavy (non-hydrogen) atoms. The number of ether oxygens (including phenoxy) is 2. The number of carbonyl (C=O) groups excluding carboxylic acids is 2. The quantitative estimate of drug-likeness (QED) is 0.534. The highest BCUT2D eigenvalue weighted by atomic mass is 16.6. The van der Waals surface area contributed by atoms with Gasteiger partial charge in [-0.2, -0.15) is 0 Å². The van der Waals surface area contributed by atoms with Crippen molar-refractivity contribution >= 4 is 17.5 Å². The molecule has 4 rings (SSSR count). The summed E-state index contributed by atoms with van der Waals surface area (Å²) < 4.78 is 11.2. The monoisotopic (exact) mass is 440 g/mol. The van der Waals surface area contributed by atoms with Crippen molar-refractivity contribution in [1.29, 1.82) is 0 Å².